The van der Waals surface area contributed by atoms with Gasteiger partial charge >= 0.3 is 0 Å². The van der Waals surface area contributed by atoms with Gasteiger partial charge in [-0.25, -0.2) is 4.98 Å². The van der Waals surface area contributed by atoms with E-state index >= 15 is 0 Å². The molecule has 3 rings (SSSR count). The minimum absolute atomic E-state index is 0.129. The second-order valence-electron chi connectivity index (χ2n) is 6.80. The summed E-state index contributed by atoms with van der Waals surface area (Å²) < 4.78 is 15.6. The number of hydrogen-bond acceptors (Lipinski definition) is 7. The first-order chi connectivity index (χ1) is 15.5. The van der Waals surface area contributed by atoms with Gasteiger partial charge in [0.05, 0.1) is 33.4 Å². The van der Waals surface area contributed by atoms with Gasteiger partial charge < -0.3 is 19.5 Å². The molecule has 3 aromatic rings. The molecule has 0 spiro atoms. The maximum atomic E-state index is 12.5. The first kappa shape index (κ1) is 23.1. The number of aromatic nitrogens is 1. The molecule has 0 aliphatic carbocycles. The molecule has 8 nitrogen and oxygen atoms in total. The van der Waals surface area contributed by atoms with Crippen molar-refractivity contribution in [2.45, 2.75) is 12.8 Å². The molecule has 168 valence electrons. The molecule has 0 radical (unpaired) electrons. The van der Waals surface area contributed by atoms with Crippen molar-refractivity contribution in [2.24, 2.45) is 0 Å². The van der Waals surface area contributed by atoms with Crippen molar-refractivity contribution < 1.29 is 23.8 Å². The molecule has 0 aliphatic heterocycles. The van der Waals surface area contributed by atoms with Gasteiger partial charge in [-0.3, -0.25) is 14.9 Å². The van der Waals surface area contributed by atoms with Crippen molar-refractivity contribution in [3.63, 3.8) is 0 Å². The van der Waals surface area contributed by atoms with Gasteiger partial charge in [-0.05, 0) is 42.3 Å². The van der Waals surface area contributed by atoms with E-state index in [1.807, 2.05) is 24.3 Å². The van der Waals surface area contributed by atoms with E-state index in [2.05, 4.69) is 15.6 Å². The molecule has 0 fully saturated rings. The van der Waals surface area contributed by atoms with E-state index in [1.54, 1.807) is 30.7 Å². The predicted molar refractivity (Wildman–Crippen MR) is 123 cm³/mol. The van der Waals surface area contributed by atoms with E-state index in [-0.39, 0.29) is 18.2 Å². The molecule has 0 aliphatic rings. The van der Waals surface area contributed by atoms with Gasteiger partial charge in [0.15, 0.2) is 16.6 Å². The van der Waals surface area contributed by atoms with Crippen LogP contribution in [-0.4, -0.2) is 44.7 Å². The number of methoxy groups -OCH3 is 3. The Morgan fingerprint density at radius 1 is 1.00 bits per heavy atom. The number of amides is 2. The van der Waals surface area contributed by atoms with Crippen molar-refractivity contribution in [1.29, 1.82) is 0 Å². The van der Waals surface area contributed by atoms with Crippen molar-refractivity contribution in [3.05, 3.63) is 64.7 Å². The Morgan fingerprint density at radius 2 is 1.81 bits per heavy atom. The highest BCUT2D eigenvalue weighted by Gasteiger charge is 2.14. The zero-order valence-corrected chi connectivity index (χ0v) is 19.0. The van der Waals surface area contributed by atoms with Crippen LogP contribution in [0.2, 0.25) is 0 Å². The highest BCUT2D eigenvalue weighted by atomic mass is 32.1. The third kappa shape index (κ3) is 6.21. The Morgan fingerprint density at radius 3 is 2.56 bits per heavy atom. The summed E-state index contributed by atoms with van der Waals surface area (Å²) in [6.45, 7) is 0.513. The zero-order chi connectivity index (χ0) is 22.9. The summed E-state index contributed by atoms with van der Waals surface area (Å²) in [5.74, 6) is 1.34. The number of anilines is 1. The molecule has 32 heavy (non-hydrogen) atoms. The molecular formula is C23H25N3O5S. The number of carbonyl (C=O) groups excluding carboxylic acids is 2. The average Bonchev–Trinajstić information content (AvgIpc) is 3.25. The quantitative estimate of drug-likeness (QED) is 0.487. The van der Waals surface area contributed by atoms with Crippen LogP contribution in [0, 0.1) is 0 Å². The van der Waals surface area contributed by atoms with E-state index in [4.69, 9.17) is 14.2 Å². The van der Waals surface area contributed by atoms with E-state index in [0.717, 1.165) is 11.3 Å². The third-order valence-corrected chi connectivity index (χ3v) is 5.44. The topological polar surface area (TPSA) is 98.8 Å². The summed E-state index contributed by atoms with van der Waals surface area (Å²) in [5.41, 5.74) is 2.09. The highest BCUT2D eigenvalue weighted by Crippen LogP contribution is 2.28. The van der Waals surface area contributed by atoms with Crippen LogP contribution in [0.4, 0.5) is 5.13 Å². The van der Waals surface area contributed by atoms with Crippen molar-refractivity contribution in [3.8, 4) is 17.2 Å². The van der Waals surface area contributed by atoms with Gasteiger partial charge in [-0.1, -0.05) is 12.1 Å². The lowest BCUT2D eigenvalue weighted by Crippen LogP contribution is -2.27. The number of hydrogen-bond donors (Lipinski definition) is 2. The standard InChI is InChI=1S/C23H25N3O5S/c1-29-18-6-4-5-15(11-18)9-10-24-21(27)13-17-14-32-23(25-17)26-22(28)16-7-8-19(30-2)20(12-16)31-3/h4-8,11-12,14H,9-10,13H2,1-3H3,(H,24,27)(H,25,26,28). The summed E-state index contributed by atoms with van der Waals surface area (Å²) in [6.07, 6.45) is 0.841. The monoisotopic (exact) mass is 455 g/mol. The molecule has 1 aromatic heterocycles. The van der Waals surface area contributed by atoms with Crippen LogP contribution in [0.3, 0.4) is 0 Å². The number of nitrogens with one attached hydrogen (secondary N) is 2. The van der Waals surface area contributed by atoms with Gasteiger partial charge in [0.2, 0.25) is 5.91 Å². The van der Waals surface area contributed by atoms with Crippen LogP contribution >= 0.6 is 11.3 Å². The summed E-state index contributed by atoms with van der Waals surface area (Å²) in [6, 6.07) is 12.6. The Kier molecular flexibility index (Phi) is 8.04. The predicted octanol–water partition coefficient (Wildman–Crippen LogP) is 3.32. The molecule has 1 heterocycles. The van der Waals surface area contributed by atoms with Crippen molar-refractivity contribution in [2.75, 3.05) is 33.2 Å². The number of rotatable bonds is 10. The Bertz CT molecular complexity index is 1080. The molecule has 0 bridgehead atoms. The number of benzene rings is 2. The van der Waals surface area contributed by atoms with Crippen molar-refractivity contribution in [1.82, 2.24) is 10.3 Å². The first-order valence-corrected chi connectivity index (χ1v) is 10.8. The second kappa shape index (κ2) is 11.1. The number of carbonyl (C=O) groups is 2. The minimum Gasteiger partial charge on any atom is -0.497 e. The van der Waals surface area contributed by atoms with E-state index in [1.165, 1.54) is 25.6 Å². The van der Waals surface area contributed by atoms with Crippen LogP contribution < -0.4 is 24.8 Å². The molecule has 0 saturated carbocycles. The maximum absolute atomic E-state index is 12.5. The molecular weight excluding hydrogens is 430 g/mol. The van der Waals surface area contributed by atoms with Gasteiger partial charge in [-0.2, -0.15) is 0 Å². The average molecular weight is 456 g/mol. The molecule has 0 saturated heterocycles. The molecule has 9 heteroatoms. The Labute approximate surface area is 190 Å². The third-order valence-electron chi connectivity index (χ3n) is 4.63. The second-order valence-corrected chi connectivity index (χ2v) is 7.65. The van der Waals surface area contributed by atoms with E-state index < -0.39 is 0 Å². The fraction of sp³-hybridized carbons (Fsp3) is 0.261. The van der Waals surface area contributed by atoms with Crippen LogP contribution in [0.1, 0.15) is 21.6 Å². The lowest BCUT2D eigenvalue weighted by molar-refractivity contribution is -0.120. The van der Waals surface area contributed by atoms with Gasteiger partial charge in [-0.15, -0.1) is 11.3 Å². The van der Waals surface area contributed by atoms with Crippen LogP contribution in [-0.2, 0) is 17.6 Å². The van der Waals surface area contributed by atoms with Crippen LogP contribution in [0.15, 0.2) is 47.8 Å². The van der Waals surface area contributed by atoms with Gasteiger partial charge in [0, 0.05) is 17.5 Å². The fourth-order valence-corrected chi connectivity index (χ4v) is 3.70. The molecule has 2 aromatic carbocycles. The van der Waals surface area contributed by atoms with Crippen molar-refractivity contribution >= 4 is 28.3 Å². The van der Waals surface area contributed by atoms with Crippen LogP contribution in [0.25, 0.3) is 0 Å². The smallest absolute Gasteiger partial charge is 0.257 e. The zero-order valence-electron chi connectivity index (χ0n) is 18.1. The molecule has 0 atom stereocenters. The van der Waals surface area contributed by atoms with E-state index in [0.29, 0.717) is 40.9 Å². The fourth-order valence-electron chi connectivity index (χ4n) is 2.99. The maximum Gasteiger partial charge on any atom is 0.257 e. The van der Waals surface area contributed by atoms with Gasteiger partial charge in [0.1, 0.15) is 5.75 Å². The highest BCUT2D eigenvalue weighted by molar-refractivity contribution is 7.14. The molecule has 2 amide bonds. The summed E-state index contributed by atoms with van der Waals surface area (Å²) in [4.78, 5) is 29.1. The number of nitrogens with zero attached hydrogens (tertiary/aromatic N) is 1. The lowest BCUT2D eigenvalue weighted by Gasteiger charge is -2.09. The SMILES string of the molecule is COc1cccc(CCNC(=O)Cc2csc(NC(=O)c3ccc(OC)c(OC)c3)n2)c1. The Hall–Kier alpha value is -3.59. The minimum atomic E-state index is -0.324. The molecule has 2 N–H and O–H groups in total. The number of ether oxygens (including phenoxy) is 3. The summed E-state index contributed by atoms with van der Waals surface area (Å²) in [7, 11) is 4.66. The van der Waals surface area contributed by atoms with E-state index in [9.17, 15) is 9.59 Å². The largest absolute Gasteiger partial charge is 0.497 e. The summed E-state index contributed by atoms with van der Waals surface area (Å²) in [5, 5.41) is 7.81. The lowest BCUT2D eigenvalue weighted by atomic mass is 10.1. The number of thiazole rings is 1. The van der Waals surface area contributed by atoms with Crippen LogP contribution in [0.5, 0.6) is 17.2 Å². The van der Waals surface area contributed by atoms with Gasteiger partial charge in [0.25, 0.3) is 5.91 Å². The Balaban J connectivity index is 1.49. The summed E-state index contributed by atoms with van der Waals surface area (Å²) >= 11 is 1.26. The normalized spacial score (nSPS) is 10.3. The first-order valence-electron chi connectivity index (χ1n) is 9.89. The molecule has 0 unspecified atom stereocenters.